The highest BCUT2D eigenvalue weighted by molar-refractivity contribution is 5.92. The molecule has 0 saturated carbocycles. The van der Waals surface area contributed by atoms with Crippen molar-refractivity contribution in [2.75, 3.05) is 32.1 Å². The largest absolute Gasteiger partial charge is 0.383 e. The minimum atomic E-state index is -0.129. The van der Waals surface area contributed by atoms with Crippen molar-refractivity contribution in [3.8, 4) is 0 Å². The number of pyridine rings is 1. The maximum absolute atomic E-state index is 11.6. The van der Waals surface area contributed by atoms with E-state index in [1.807, 2.05) is 13.0 Å². The number of hydrogen-bond donors (Lipinski definition) is 2. The van der Waals surface area contributed by atoms with Gasteiger partial charge < -0.3 is 15.4 Å². The van der Waals surface area contributed by atoms with E-state index in [1.54, 1.807) is 19.4 Å². The number of amides is 1. The lowest BCUT2D eigenvalue weighted by atomic mass is 10.3. The second kappa shape index (κ2) is 7.62. The van der Waals surface area contributed by atoms with Crippen LogP contribution in [0.2, 0.25) is 0 Å². The lowest BCUT2D eigenvalue weighted by Gasteiger charge is -2.06. The number of anilines is 1. The number of carbonyl (C=O) groups excluding carboxylic acids is 1. The molecule has 94 valence electrons. The molecule has 1 rings (SSSR count). The molecule has 1 aromatic rings. The molecule has 0 aliphatic rings. The van der Waals surface area contributed by atoms with Crippen molar-refractivity contribution in [1.82, 2.24) is 10.3 Å². The molecule has 0 unspecified atom stereocenters. The summed E-state index contributed by atoms with van der Waals surface area (Å²) in [4.78, 5) is 15.7. The van der Waals surface area contributed by atoms with Crippen LogP contribution in [0.3, 0.4) is 0 Å². The van der Waals surface area contributed by atoms with Gasteiger partial charge in [-0.1, -0.05) is 6.92 Å². The van der Waals surface area contributed by atoms with Crippen molar-refractivity contribution in [1.29, 1.82) is 0 Å². The average Bonchev–Trinajstić information content (AvgIpc) is 2.37. The van der Waals surface area contributed by atoms with Gasteiger partial charge in [0.15, 0.2) is 0 Å². The lowest BCUT2D eigenvalue weighted by Crippen LogP contribution is -2.24. The molecule has 1 aromatic heterocycles. The molecule has 0 aliphatic carbocycles. The van der Waals surface area contributed by atoms with Gasteiger partial charge in [0.2, 0.25) is 0 Å². The Balaban J connectivity index is 2.46. The Morgan fingerprint density at radius 3 is 2.82 bits per heavy atom. The van der Waals surface area contributed by atoms with Crippen LogP contribution in [0.5, 0.6) is 0 Å². The molecule has 0 aliphatic heterocycles. The summed E-state index contributed by atoms with van der Waals surface area (Å²) in [6, 6.07) is 3.55. The number of ether oxygens (including phenoxy) is 1. The number of nitrogens with zero attached hydrogens (tertiary/aromatic N) is 1. The van der Waals surface area contributed by atoms with E-state index in [0.29, 0.717) is 18.8 Å². The summed E-state index contributed by atoms with van der Waals surface area (Å²) in [5.74, 6) is -0.129. The highest BCUT2D eigenvalue weighted by Gasteiger charge is 2.05. The van der Waals surface area contributed by atoms with Crippen LogP contribution in [0.1, 0.15) is 23.8 Å². The molecule has 0 spiro atoms. The third-order valence-corrected chi connectivity index (χ3v) is 2.17. The molecule has 1 amide bonds. The molecule has 17 heavy (non-hydrogen) atoms. The topological polar surface area (TPSA) is 63.2 Å². The van der Waals surface area contributed by atoms with Crippen molar-refractivity contribution in [3.05, 3.63) is 24.0 Å². The quantitative estimate of drug-likeness (QED) is 0.701. The van der Waals surface area contributed by atoms with Crippen molar-refractivity contribution < 1.29 is 9.53 Å². The van der Waals surface area contributed by atoms with E-state index in [2.05, 4.69) is 15.6 Å². The Bertz CT molecular complexity index is 338. The first-order valence-electron chi connectivity index (χ1n) is 5.75. The van der Waals surface area contributed by atoms with Gasteiger partial charge in [0, 0.05) is 20.2 Å². The molecule has 0 aromatic carbocycles. The molecular weight excluding hydrogens is 218 g/mol. The summed E-state index contributed by atoms with van der Waals surface area (Å²) in [5, 5.41) is 5.91. The van der Waals surface area contributed by atoms with E-state index >= 15 is 0 Å². The zero-order valence-corrected chi connectivity index (χ0v) is 10.3. The van der Waals surface area contributed by atoms with Crippen molar-refractivity contribution in [2.24, 2.45) is 0 Å². The van der Waals surface area contributed by atoms with Crippen LogP contribution in [0.15, 0.2) is 18.3 Å². The van der Waals surface area contributed by atoms with Gasteiger partial charge in [-0.3, -0.25) is 4.79 Å². The molecular formula is C12H19N3O2. The number of rotatable bonds is 7. The molecule has 0 bridgehead atoms. The first-order valence-corrected chi connectivity index (χ1v) is 5.75. The van der Waals surface area contributed by atoms with Crippen molar-refractivity contribution in [2.45, 2.75) is 13.3 Å². The van der Waals surface area contributed by atoms with Gasteiger partial charge in [0.1, 0.15) is 5.69 Å². The molecule has 0 fully saturated rings. The first kappa shape index (κ1) is 13.4. The molecule has 0 radical (unpaired) electrons. The highest BCUT2D eigenvalue weighted by Crippen LogP contribution is 2.05. The minimum absolute atomic E-state index is 0.129. The number of nitrogens with one attached hydrogen (secondary N) is 2. The predicted octanol–water partition coefficient (Wildman–Crippen LogP) is 1.28. The van der Waals surface area contributed by atoms with Crippen LogP contribution in [0, 0.1) is 0 Å². The monoisotopic (exact) mass is 237 g/mol. The van der Waals surface area contributed by atoms with Gasteiger partial charge in [-0.05, 0) is 18.6 Å². The van der Waals surface area contributed by atoms with Gasteiger partial charge in [-0.2, -0.15) is 0 Å². The molecule has 2 N–H and O–H groups in total. The first-order chi connectivity index (χ1) is 8.27. The van der Waals surface area contributed by atoms with E-state index in [4.69, 9.17) is 4.74 Å². The smallest absolute Gasteiger partial charge is 0.269 e. The Labute approximate surface area is 102 Å². The van der Waals surface area contributed by atoms with Crippen LogP contribution in [-0.2, 0) is 4.74 Å². The van der Waals surface area contributed by atoms with E-state index in [1.165, 1.54) is 0 Å². The lowest BCUT2D eigenvalue weighted by molar-refractivity contribution is 0.0949. The summed E-state index contributed by atoms with van der Waals surface area (Å²) < 4.78 is 4.92. The molecule has 0 saturated heterocycles. The third-order valence-electron chi connectivity index (χ3n) is 2.17. The Hall–Kier alpha value is -1.62. The van der Waals surface area contributed by atoms with Gasteiger partial charge in [-0.25, -0.2) is 4.98 Å². The van der Waals surface area contributed by atoms with Crippen LogP contribution in [0.25, 0.3) is 0 Å². The van der Waals surface area contributed by atoms with Gasteiger partial charge >= 0.3 is 0 Å². The SMILES string of the molecule is CCCNC(=O)c1ccc(NCCOC)cn1. The summed E-state index contributed by atoms with van der Waals surface area (Å²) in [6.07, 6.45) is 2.57. The Morgan fingerprint density at radius 1 is 1.41 bits per heavy atom. The fourth-order valence-corrected chi connectivity index (χ4v) is 1.26. The van der Waals surface area contributed by atoms with Gasteiger partial charge in [-0.15, -0.1) is 0 Å². The second-order valence-electron chi connectivity index (χ2n) is 3.61. The van der Waals surface area contributed by atoms with Crippen molar-refractivity contribution in [3.63, 3.8) is 0 Å². The summed E-state index contributed by atoms with van der Waals surface area (Å²) >= 11 is 0. The van der Waals surface area contributed by atoms with Crippen LogP contribution in [-0.4, -0.2) is 37.7 Å². The van der Waals surface area contributed by atoms with Gasteiger partial charge in [0.05, 0.1) is 18.5 Å². The number of carbonyl (C=O) groups is 1. The molecule has 1 heterocycles. The van der Waals surface area contributed by atoms with E-state index in [0.717, 1.165) is 18.7 Å². The van der Waals surface area contributed by atoms with Crippen LogP contribution >= 0.6 is 0 Å². The molecule has 0 atom stereocenters. The number of hydrogen-bond acceptors (Lipinski definition) is 4. The number of aromatic nitrogens is 1. The molecule has 5 nitrogen and oxygen atoms in total. The summed E-state index contributed by atoms with van der Waals surface area (Å²) in [6.45, 7) is 4.04. The highest BCUT2D eigenvalue weighted by atomic mass is 16.5. The standard InChI is InChI=1S/C12H19N3O2/c1-3-6-14-12(16)11-5-4-10(9-15-11)13-7-8-17-2/h4-5,9,13H,3,6-8H2,1-2H3,(H,14,16). The minimum Gasteiger partial charge on any atom is -0.383 e. The number of methoxy groups -OCH3 is 1. The van der Waals surface area contributed by atoms with Crippen molar-refractivity contribution >= 4 is 11.6 Å². The van der Waals surface area contributed by atoms with E-state index in [9.17, 15) is 4.79 Å². The van der Waals surface area contributed by atoms with Crippen LogP contribution in [0.4, 0.5) is 5.69 Å². The molecule has 5 heteroatoms. The van der Waals surface area contributed by atoms with E-state index < -0.39 is 0 Å². The van der Waals surface area contributed by atoms with E-state index in [-0.39, 0.29) is 5.91 Å². The maximum Gasteiger partial charge on any atom is 0.269 e. The summed E-state index contributed by atoms with van der Waals surface area (Å²) in [5.41, 5.74) is 1.32. The second-order valence-corrected chi connectivity index (χ2v) is 3.61. The zero-order chi connectivity index (χ0) is 12.5. The fourth-order valence-electron chi connectivity index (χ4n) is 1.26. The average molecular weight is 237 g/mol. The Kier molecular flexibility index (Phi) is 6.03. The van der Waals surface area contributed by atoms with Crippen LogP contribution < -0.4 is 10.6 Å². The predicted molar refractivity (Wildman–Crippen MR) is 67.2 cm³/mol. The fraction of sp³-hybridized carbons (Fsp3) is 0.500. The zero-order valence-electron chi connectivity index (χ0n) is 10.3. The summed E-state index contributed by atoms with van der Waals surface area (Å²) in [7, 11) is 1.65. The third kappa shape index (κ3) is 4.82. The maximum atomic E-state index is 11.6. The normalized spacial score (nSPS) is 10.0. The van der Waals surface area contributed by atoms with Gasteiger partial charge in [0.25, 0.3) is 5.91 Å². The Morgan fingerprint density at radius 2 is 2.24 bits per heavy atom.